The SMILES string of the molecule is CC1CCN(c2cccc(F)n2)CC1. The number of aromatic nitrogens is 1. The fourth-order valence-corrected chi connectivity index (χ4v) is 1.81. The van der Waals surface area contributed by atoms with Crippen molar-refractivity contribution < 1.29 is 4.39 Å². The molecule has 2 heterocycles. The molecule has 0 spiro atoms. The van der Waals surface area contributed by atoms with Gasteiger partial charge in [-0.3, -0.25) is 0 Å². The first-order valence-corrected chi connectivity index (χ1v) is 5.13. The summed E-state index contributed by atoms with van der Waals surface area (Å²) < 4.78 is 12.9. The average molecular weight is 194 g/mol. The van der Waals surface area contributed by atoms with Crippen LogP contribution in [0.25, 0.3) is 0 Å². The lowest BCUT2D eigenvalue weighted by molar-refractivity contribution is 0.435. The van der Waals surface area contributed by atoms with E-state index in [-0.39, 0.29) is 5.95 Å². The highest BCUT2D eigenvalue weighted by Gasteiger charge is 2.16. The van der Waals surface area contributed by atoms with Crippen LogP contribution in [0.5, 0.6) is 0 Å². The van der Waals surface area contributed by atoms with Crippen LogP contribution in [-0.4, -0.2) is 18.1 Å². The Morgan fingerprint density at radius 2 is 2.07 bits per heavy atom. The molecule has 1 aromatic rings. The molecule has 1 fully saturated rings. The minimum Gasteiger partial charge on any atom is -0.357 e. The second-order valence-electron chi connectivity index (χ2n) is 3.99. The third kappa shape index (κ3) is 2.03. The van der Waals surface area contributed by atoms with Gasteiger partial charge >= 0.3 is 0 Å². The normalized spacial score (nSPS) is 18.6. The molecule has 0 saturated carbocycles. The molecule has 3 heteroatoms. The Hall–Kier alpha value is -1.12. The highest BCUT2D eigenvalue weighted by atomic mass is 19.1. The van der Waals surface area contributed by atoms with Crippen LogP contribution in [0.15, 0.2) is 18.2 Å². The smallest absolute Gasteiger partial charge is 0.214 e. The van der Waals surface area contributed by atoms with Crippen molar-refractivity contribution >= 4 is 5.82 Å². The van der Waals surface area contributed by atoms with Crippen LogP contribution < -0.4 is 4.90 Å². The fourth-order valence-electron chi connectivity index (χ4n) is 1.81. The molecule has 1 saturated heterocycles. The van der Waals surface area contributed by atoms with Crippen molar-refractivity contribution in [2.75, 3.05) is 18.0 Å². The maximum atomic E-state index is 12.9. The monoisotopic (exact) mass is 194 g/mol. The van der Waals surface area contributed by atoms with Crippen LogP contribution in [0.4, 0.5) is 10.2 Å². The molecule has 1 aromatic heterocycles. The van der Waals surface area contributed by atoms with Crippen LogP contribution in [0.2, 0.25) is 0 Å². The maximum absolute atomic E-state index is 12.9. The molecule has 0 aliphatic carbocycles. The summed E-state index contributed by atoms with van der Waals surface area (Å²) in [7, 11) is 0. The first-order chi connectivity index (χ1) is 6.75. The highest BCUT2D eigenvalue weighted by molar-refractivity contribution is 5.38. The van der Waals surface area contributed by atoms with Gasteiger partial charge in [0.25, 0.3) is 0 Å². The number of pyridine rings is 1. The summed E-state index contributed by atoms with van der Waals surface area (Å²) in [6.07, 6.45) is 2.36. The van der Waals surface area contributed by atoms with Gasteiger partial charge in [-0.25, -0.2) is 4.98 Å². The molecule has 14 heavy (non-hydrogen) atoms. The van der Waals surface area contributed by atoms with Gasteiger partial charge in [-0.05, 0) is 30.9 Å². The highest BCUT2D eigenvalue weighted by Crippen LogP contribution is 2.20. The Bertz CT molecular complexity index is 306. The fraction of sp³-hybridized carbons (Fsp3) is 0.545. The zero-order valence-corrected chi connectivity index (χ0v) is 8.41. The van der Waals surface area contributed by atoms with E-state index < -0.39 is 0 Å². The molecule has 0 bridgehead atoms. The molecule has 0 aromatic carbocycles. The van der Waals surface area contributed by atoms with Crippen molar-refractivity contribution in [1.82, 2.24) is 4.98 Å². The number of hydrogen-bond acceptors (Lipinski definition) is 2. The molecule has 1 aliphatic rings. The first-order valence-electron chi connectivity index (χ1n) is 5.13. The lowest BCUT2D eigenvalue weighted by atomic mass is 9.99. The van der Waals surface area contributed by atoms with E-state index in [1.54, 1.807) is 6.07 Å². The molecule has 0 unspecified atom stereocenters. The van der Waals surface area contributed by atoms with Gasteiger partial charge in [-0.2, -0.15) is 4.39 Å². The summed E-state index contributed by atoms with van der Waals surface area (Å²) >= 11 is 0. The number of anilines is 1. The number of hydrogen-bond donors (Lipinski definition) is 0. The van der Waals surface area contributed by atoms with Crippen LogP contribution in [0, 0.1) is 11.9 Å². The van der Waals surface area contributed by atoms with Crippen LogP contribution in [-0.2, 0) is 0 Å². The van der Waals surface area contributed by atoms with Gasteiger partial charge in [-0.1, -0.05) is 13.0 Å². The Kier molecular flexibility index (Phi) is 2.66. The van der Waals surface area contributed by atoms with E-state index >= 15 is 0 Å². The van der Waals surface area contributed by atoms with Gasteiger partial charge in [0, 0.05) is 13.1 Å². The van der Waals surface area contributed by atoms with Gasteiger partial charge in [0.1, 0.15) is 5.82 Å². The van der Waals surface area contributed by atoms with E-state index in [4.69, 9.17) is 0 Å². The van der Waals surface area contributed by atoms with Gasteiger partial charge in [0.15, 0.2) is 0 Å². The van der Waals surface area contributed by atoms with Gasteiger partial charge in [0.2, 0.25) is 5.95 Å². The van der Waals surface area contributed by atoms with Crippen molar-refractivity contribution in [3.63, 3.8) is 0 Å². The molecule has 1 aliphatic heterocycles. The van der Waals surface area contributed by atoms with Gasteiger partial charge in [0.05, 0.1) is 0 Å². The van der Waals surface area contributed by atoms with Crippen molar-refractivity contribution in [2.45, 2.75) is 19.8 Å². The predicted molar refractivity (Wildman–Crippen MR) is 54.8 cm³/mol. The summed E-state index contributed by atoms with van der Waals surface area (Å²) in [4.78, 5) is 6.04. The van der Waals surface area contributed by atoms with E-state index in [2.05, 4.69) is 16.8 Å². The van der Waals surface area contributed by atoms with E-state index in [0.717, 1.165) is 24.8 Å². The minimum absolute atomic E-state index is 0.388. The summed E-state index contributed by atoms with van der Waals surface area (Å²) in [5.74, 6) is 1.18. The van der Waals surface area contributed by atoms with Crippen molar-refractivity contribution in [3.05, 3.63) is 24.1 Å². The molecule has 2 nitrogen and oxygen atoms in total. The first kappa shape index (κ1) is 9.44. The minimum atomic E-state index is -0.388. The topological polar surface area (TPSA) is 16.1 Å². The Morgan fingerprint density at radius 1 is 1.36 bits per heavy atom. The maximum Gasteiger partial charge on any atom is 0.214 e. The lowest BCUT2D eigenvalue weighted by Crippen LogP contribution is -2.33. The largest absolute Gasteiger partial charge is 0.357 e. The molecule has 0 amide bonds. The molecule has 0 N–H and O–H groups in total. The Labute approximate surface area is 83.8 Å². The van der Waals surface area contributed by atoms with E-state index in [1.807, 2.05) is 6.07 Å². The number of rotatable bonds is 1. The molecular weight excluding hydrogens is 179 g/mol. The standard InChI is InChI=1S/C11H15FN2/c1-9-5-7-14(8-6-9)11-4-2-3-10(12)13-11/h2-4,9H,5-8H2,1H3. The third-order valence-electron chi connectivity index (χ3n) is 2.81. The Balaban J connectivity index is 2.08. The van der Waals surface area contributed by atoms with E-state index in [9.17, 15) is 4.39 Å². The molecule has 2 rings (SSSR count). The number of halogens is 1. The van der Waals surface area contributed by atoms with Crippen LogP contribution in [0.3, 0.4) is 0 Å². The summed E-state index contributed by atoms with van der Waals surface area (Å²) in [5.41, 5.74) is 0. The number of piperidine rings is 1. The lowest BCUT2D eigenvalue weighted by Gasteiger charge is -2.31. The van der Waals surface area contributed by atoms with Gasteiger partial charge in [-0.15, -0.1) is 0 Å². The second-order valence-corrected chi connectivity index (χ2v) is 3.99. The number of nitrogens with zero attached hydrogens (tertiary/aromatic N) is 2. The zero-order chi connectivity index (χ0) is 9.97. The van der Waals surface area contributed by atoms with Crippen molar-refractivity contribution in [2.24, 2.45) is 5.92 Å². The summed E-state index contributed by atoms with van der Waals surface area (Å²) in [5, 5.41) is 0. The van der Waals surface area contributed by atoms with Crippen molar-refractivity contribution in [3.8, 4) is 0 Å². The van der Waals surface area contributed by atoms with Crippen LogP contribution in [0.1, 0.15) is 19.8 Å². The van der Waals surface area contributed by atoms with E-state index in [1.165, 1.54) is 18.9 Å². The van der Waals surface area contributed by atoms with E-state index in [0.29, 0.717) is 0 Å². The van der Waals surface area contributed by atoms with Crippen molar-refractivity contribution in [1.29, 1.82) is 0 Å². The Morgan fingerprint density at radius 3 is 2.71 bits per heavy atom. The van der Waals surface area contributed by atoms with Gasteiger partial charge < -0.3 is 4.90 Å². The predicted octanol–water partition coefficient (Wildman–Crippen LogP) is 2.46. The molecule has 0 atom stereocenters. The summed E-state index contributed by atoms with van der Waals surface area (Å²) in [6, 6.07) is 4.98. The molecular formula is C11H15FN2. The van der Waals surface area contributed by atoms with Crippen LogP contribution >= 0.6 is 0 Å². The quantitative estimate of drug-likeness (QED) is 0.638. The summed E-state index contributed by atoms with van der Waals surface area (Å²) in [6.45, 7) is 4.26. The average Bonchev–Trinajstić information content (AvgIpc) is 2.19. The molecule has 0 radical (unpaired) electrons. The second kappa shape index (κ2) is 3.95. The third-order valence-corrected chi connectivity index (χ3v) is 2.81. The zero-order valence-electron chi connectivity index (χ0n) is 8.41. The molecule has 76 valence electrons.